The Hall–Kier alpha value is -2.01. The minimum absolute atomic E-state index is 0.324. The van der Waals surface area contributed by atoms with Gasteiger partial charge in [-0.25, -0.2) is 0 Å². The molecule has 102 valence electrons. The summed E-state index contributed by atoms with van der Waals surface area (Å²) in [5, 5.41) is 3.63. The highest BCUT2D eigenvalue weighted by atomic mass is 16.5. The van der Waals surface area contributed by atoms with Crippen LogP contribution in [0.2, 0.25) is 0 Å². The highest BCUT2D eigenvalue weighted by Crippen LogP contribution is 2.25. The molecule has 0 saturated heterocycles. The fourth-order valence-electron chi connectivity index (χ4n) is 1.61. The van der Waals surface area contributed by atoms with Crippen molar-refractivity contribution in [3.63, 3.8) is 0 Å². The molecule has 2 N–H and O–H groups in total. The molecule has 0 bridgehead atoms. The van der Waals surface area contributed by atoms with Crippen molar-refractivity contribution in [3.05, 3.63) is 41.8 Å². The summed E-state index contributed by atoms with van der Waals surface area (Å²) in [5.41, 5.74) is 6.63. The molecule has 0 amide bonds. The second-order valence-electron chi connectivity index (χ2n) is 4.09. The van der Waals surface area contributed by atoms with E-state index in [0.29, 0.717) is 31.3 Å². The highest BCUT2D eigenvalue weighted by Gasteiger charge is 2.06. The zero-order chi connectivity index (χ0) is 13.5. The number of aromatic nitrogens is 1. The molecule has 5 heteroatoms. The van der Waals surface area contributed by atoms with Crippen molar-refractivity contribution in [2.75, 3.05) is 6.61 Å². The van der Waals surface area contributed by atoms with Gasteiger partial charge in [-0.15, -0.1) is 0 Å². The minimum atomic E-state index is 0.324. The number of benzene rings is 1. The van der Waals surface area contributed by atoms with Gasteiger partial charge in [0.15, 0.2) is 5.76 Å². The monoisotopic (exact) mass is 262 g/mol. The predicted octanol–water partition coefficient (Wildman–Crippen LogP) is 2.50. The minimum Gasteiger partial charge on any atom is -0.493 e. The average molecular weight is 262 g/mol. The Morgan fingerprint density at radius 1 is 1.26 bits per heavy atom. The quantitative estimate of drug-likeness (QED) is 0.830. The van der Waals surface area contributed by atoms with E-state index in [1.165, 1.54) is 0 Å². The van der Waals surface area contributed by atoms with Gasteiger partial charge in [0.05, 0.1) is 12.8 Å². The first kappa shape index (κ1) is 13.4. The molecule has 0 fully saturated rings. The van der Waals surface area contributed by atoms with Crippen LogP contribution in [0.4, 0.5) is 0 Å². The molecule has 0 unspecified atom stereocenters. The number of ether oxygens (including phenoxy) is 2. The van der Waals surface area contributed by atoms with Gasteiger partial charge in [-0.1, -0.05) is 18.1 Å². The van der Waals surface area contributed by atoms with Crippen molar-refractivity contribution in [2.45, 2.75) is 26.5 Å². The maximum atomic E-state index is 5.70. The lowest BCUT2D eigenvalue weighted by atomic mass is 10.2. The molecule has 19 heavy (non-hydrogen) atoms. The van der Waals surface area contributed by atoms with Crippen LogP contribution in [0, 0.1) is 0 Å². The Morgan fingerprint density at radius 3 is 2.84 bits per heavy atom. The van der Waals surface area contributed by atoms with Crippen LogP contribution in [0.15, 0.2) is 35.0 Å². The molecule has 1 aromatic carbocycles. The van der Waals surface area contributed by atoms with E-state index in [0.717, 1.165) is 17.7 Å². The summed E-state index contributed by atoms with van der Waals surface area (Å²) < 4.78 is 16.3. The van der Waals surface area contributed by atoms with E-state index in [2.05, 4.69) is 12.1 Å². The maximum Gasteiger partial charge on any atom is 0.174 e. The van der Waals surface area contributed by atoms with Gasteiger partial charge in [0, 0.05) is 24.2 Å². The first-order valence-corrected chi connectivity index (χ1v) is 6.31. The molecule has 0 atom stereocenters. The SMILES string of the molecule is CCCOc1ccc(CN)c(OCc2ccno2)c1. The van der Waals surface area contributed by atoms with Gasteiger partial charge in [0.2, 0.25) is 0 Å². The zero-order valence-corrected chi connectivity index (χ0v) is 11.0. The topological polar surface area (TPSA) is 70.5 Å². The van der Waals surface area contributed by atoms with Gasteiger partial charge in [-0.3, -0.25) is 0 Å². The van der Waals surface area contributed by atoms with Crippen LogP contribution < -0.4 is 15.2 Å². The summed E-state index contributed by atoms with van der Waals surface area (Å²) in [6.45, 7) is 3.49. The molecule has 0 aliphatic rings. The lowest BCUT2D eigenvalue weighted by Crippen LogP contribution is -2.03. The van der Waals surface area contributed by atoms with Crippen LogP contribution in [-0.4, -0.2) is 11.8 Å². The summed E-state index contributed by atoms with van der Waals surface area (Å²) in [5.74, 6) is 2.17. The van der Waals surface area contributed by atoms with Crippen LogP contribution in [0.1, 0.15) is 24.7 Å². The smallest absolute Gasteiger partial charge is 0.174 e. The van der Waals surface area contributed by atoms with Crippen molar-refractivity contribution in [3.8, 4) is 11.5 Å². The van der Waals surface area contributed by atoms with Crippen molar-refractivity contribution in [1.29, 1.82) is 0 Å². The summed E-state index contributed by atoms with van der Waals surface area (Å²) in [6.07, 6.45) is 2.55. The van der Waals surface area contributed by atoms with Crippen molar-refractivity contribution in [2.24, 2.45) is 5.73 Å². The van der Waals surface area contributed by atoms with Crippen LogP contribution in [0.3, 0.4) is 0 Å². The second-order valence-corrected chi connectivity index (χ2v) is 4.09. The van der Waals surface area contributed by atoms with Crippen LogP contribution >= 0.6 is 0 Å². The molecule has 0 aliphatic carbocycles. The Kier molecular flexibility index (Phi) is 4.80. The van der Waals surface area contributed by atoms with E-state index in [1.807, 2.05) is 18.2 Å². The first-order chi connectivity index (χ1) is 9.33. The van der Waals surface area contributed by atoms with Crippen molar-refractivity contribution < 1.29 is 14.0 Å². The summed E-state index contributed by atoms with van der Waals surface area (Å²) in [7, 11) is 0. The van der Waals surface area contributed by atoms with Crippen LogP contribution in [-0.2, 0) is 13.2 Å². The van der Waals surface area contributed by atoms with Crippen molar-refractivity contribution >= 4 is 0 Å². The Labute approximate surface area is 112 Å². The third-order valence-electron chi connectivity index (χ3n) is 2.59. The maximum absolute atomic E-state index is 5.70. The standard InChI is InChI=1S/C14H18N2O3/c1-2-7-17-12-4-3-11(9-15)14(8-12)18-10-13-5-6-16-19-13/h3-6,8H,2,7,9-10,15H2,1H3. The second kappa shape index (κ2) is 6.80. The molecule has 1 aromatic heterocycles. The van der Waals surface area contributed by atoms with E-state index in [-0.39, 0.29) is 0 Å². The van der Waals surface area contributed by atoms with E-state index >= 15 is 0 Å². The van der Waals surface area contributed by atoms with Gasteiger partial charge < -0.3 is 19.7 Å². The lowest BCUT2D eigenvalue weighted by Gasteiger charge is -2.12. The number of rotatable bonds is 7. The molecule has 0 radical (unpaired) electrons. The van der Waals surface area contributed by atoms with Crippen LogP contribution in [0.5, 0.6) is 11.5 Å². The molecule has 0 saturated carbocycles. The van der Waals surface area contributed by atoms with E-state index in [1.54, 1.807) is 12.3 Å². The molecular formula is C14H18N2O3. The summed E-state index contributed by atoms with van der Waals surface area (Å²) in [4.78, 5) is 0. The number of hydrogen-bond donors (Lipinski definition) is 1. The van der Waals surface area contributed by atoms with Crippen LogP contribution in [0.25, 0.3) is 0 Å². The largest absolute Gasteiger partial charge is 0.493 e. The highest BCUT2D eigenvalue weighted by molar-refractivity contribution is 5.40. The number of nitrogens with two attached hydrogens (primary N) is 1. The summed E-state index contributed by atoms with van der Waals surface area (Å²) >= 11 is 0. The molecule has 1 heterocycles. The Balaban J connectivity index is 2.07. The average Bonchev–Trinajstić information content (AvgIpc) is 2.96. The Morgan fingerprint density at radius 2 is 2.16 bits per heavy atom. The molecule has 5 nitrogen and oxygen atoms in total. The Bertz CT molecular complexity index is 497. The van der Waals surface area contributed by atoms with Gasteiger partial charge in [0.1, 0.15) is 18.1 Å². The van der Waals surface area contributed by atoms with E-state index in [9.17, 15) is 0 Å². The van der Waals surface area contributed by atoms with Gasteiger partial charge >= 0.3 is 0 Å². The molecular weight excluding hydrogens is 244 g/mol. The van der Waals surface area contributed by atoms with Crippen molar-refractivity contribution in [1.82, 2.24) is 5.16 Å². The third-order valence-corrected chi connectivity index (χ3v) is 2.59. The van der Waals surface area contributed by atoms with E-state index < -0.39 is 0 Å². The molecule has 2 rings (SSSR count). The normalized spacial score (nSPS) is 10.4. The van der Waals surface area contributed by atoms with E-state index in [4.69, 9.17) is 19.7 Å². The third kappa shape index (κ3) is 3.72. The zero-order valence-electron chi connectivity index (χ0n) is 11.0. The first-order valence-electron chi connectivity index (χ1n) is 6.31. The number of nitrogens with zero attached hydrogens (tertiary/aromatic N) is 1. The predicted molar refractivity (Wildman–Crippen MR) is 71.0 cm³/mol. The molecule has 0 spiro atoms. The summed E-state index contributed by atoms with van der Waals surface area (Å²) in [6, 6.07) is 7.44. The molecule has 0 aliphatic heterocycles. The van der Waals surface area contributed by atoms with Gasteiger partial charge in [-0.05, 0) is 12.5 Å². The van der Waals surface area contributed by atoms with Gasteiger partial charge in [-0.2, -0.15) is 0 Å². The van der Waals surface area contributed by atoms with Gasteiger partial charge in [0.25, 0.3) is 0 Å². The fraction of sp³-hybridized carbons (Fsp3) is 0.357. The molecule has 2 aromatic rings. The lowest BCUT2D eigenvalue weighted by molar-refractivity contribution is 0.245. The number of hydrogen-bond acceptors (Lipinski definition) is 5. The fourth-order valence-corrected chi connectivity index (χ4v) is 1.61.